The van der Waals surface area contributed by atoms with Crippen molar-refractivity contribution in [1.29, 1.82) is 0 Å². The molecule has 7 nitrogen and oxygen atoms in total. The van der Waals surface area contributed by atoms with Crippen molar-refractivity contribution in [2.45, 2.75) is 11.3 Å². The Kier molecular flexibility index (Phi) is 5.85. The van der Waals surface area contributed by atoms with Crippen LogP contribution in [0.25, 0.3) is 5.69 Å². The van der Waals surface area contributed by atoms with E-state index in [4.69, 9.17) is 16.3 Å². The van der Waals surface area contributed by atoms with Crippen molar-refractivity contribution in [1.82, 2.24) is 20.2 Å². The van der Waals surface area contributed by atoms with E-state index in [0.717, 1.165) is 38.5 Å². The Balaban J connectivity index is 1.56. The Labute approximate surface area is 143 Å². The van der Waals surface area contributed by atoms with Gasteiger partial charge < -0.3 is 14.7 Å². The number of nitrogens with zero attached hydrogens (tertiary/aromatic N) is 4. The fraction of sp³-hybridized carbons (Fsp3) is 0.500. The molecule has 0 saturated carbocycles. The van der Waals surface area contributed by atoms with E-state index in [-0.39, 0.29) is 0 Å². The summed E-state index contributed by atoms with van der Waals surface area (Å²) in [6, 6.07) is 7.31. The van der Waals surface area contributed by atoms with Crippen molar-refractivity contribution >= 4 is 23.4 Å². The summed E-state index contributed by atoms with van der Waals surface area (Å²) in [5, 5.41) is 23.3. The van der Waals surface area contributed by atoms with Crippen molar-refractivity contribution in [3.8, 4) is 5.69 Å². The highest BCUT2D eigenvalue weighted by Crippen LogP contribution is 2.20. The zero-order valence-corrected chi connectivity index (χ0v) is 14.1. The molecule has 124 valence electrons. The number of nitrogens with one attached hydrogen (secondary N) is 1. The number of tetrazole rings is 1. The summed E-state index contributed by atoms with van der Waals surface area (Å²) in [6.45, 7) is 4.15. The third-order valence-corrected chi connectivity index (χ3v) is 4.96. The quantitative estimate of drug-likeness (QED) is 0.691. The van der Waals surface area contributed by atoms with Gasteiger partial charge in [0.05, 0.1) is 18.9 Å². The highest BCUT2D eigenvalue weighted by Gasteiger charge is 2.19. The van der Waals surface area contributed by atoms with Crippen LogP contribution < -0.4 is 4.90 Å². The average molecular weight is 357 g/mol. The third kappa shape index (κ3) is 4.65. The maximum atomic E-state index is 10.2. The topological polar surface area (TPSA) is 77.5 Å². The smallest absolute Gasteiger partial charge is 0.214 e. The third-order valence-electron chi connectivity index (χ3n) is 3.64. The van der Waals surface area contributed by atoms with Crippen molar-refractivity contribution in [3.63, 3.8) is 0 Å². The number of halogens is 1. The van der Waals surface area contributed by atoms with Gasteiger partial charge >= 0.3 is 0 Å². The highest BCUT2D eigenvalue weighted by molar-refractivity contribution is 7.99. The number of benzene rings is 1. The molecule has 0 aliphatic carbocycles. The van der Waals surface area contributed by atoms with E-state index in [9.17, 15) is 5.11 Å². The summed E-state index contributed by atoms with van der Waals surface area (Å²) < 4.78 is 6.97. The number of hydrogen-bond acceptors (Lipinski definition) is 6. The second kappa shape index (κ2) is 8.07. The summed E-state index contributed by atoms with van der Waals surface area (Å²) in [7, 11) is 0. The molecule has 0 spiro atoms. The van der Waals surface area contributed by atoms with E-state index < -0.39 is 6.10 Å². The van der Waals surface area contributed by atoms with Crippen molar-refractivity contribution < 1.29 is 14.7 Å². The Bertz CT molecular complexity index is 618. The minimum atomic E-state index is -0.400. The molecule has 2 heterocycles. The van der Waals surface area contributed by atoms with Crippen LogP contribution >= 0.6 is 23.4 Å². The van der Waals surface area contributed by atoms with Crippen LogP contribution in [-0.2, 0) is 4.74 Å². The van der Waals surface area contributed by atoms with E-state index in [0.29, 0.717) is 15.9 Å². The standard InChI is InChI=1S/C14H18ClN5O2S/c15-11-1-3-12(4-2-11)20-14(16-17-18-20)23-10-13(21)9-19-5-7-22-8-6-19/h1-4,13,21H,5-10H2/p+1/t13-/m1/s1. The molecule has 0 amide bonds. The number of morpholine rings is 1. The minimum absolute atomic E-state index is 0.400. The maximum Gasteiger partial charge on any atom is 0.214 e. The maximum absolute atomic E-state index is 10.2. The molecule has 2 aromatic rings. The molecule has 1 aromatic carbocycles. The Morgan fingerprint density at radius 2 is 2.04 bits per heavy atom. The van der Waals surface area contributed by atoms with Crippen LogP contribution in [0.4, 0.5) is 0 Å². The molecule has 1 atom stereocenters. The number of thioether (sulfide) groups is 1. The van der Waals surface area contributed by atoms with E-state index in [2.05, 4.69) is 15.5 Å². The normalized spacial score (nSPS) is 17.3. The first kappa shape index (κ1) is 16.7. The van der Waals surface area contributed by atoms with Gasteiger partial charge in [0.25, 0.3) is 0 Å². The zero-order valence-electron chi connectivity index (χ0n) is 12.6. The van der Waals surface area contributed by atoms with Crippen molar-refractivity contribution in [2.75, 3.05) is 38.6 Å². The molecule has 1 aliphatic heterocycles. The number of aliphatic hydroxyl groups excluding tert-OH is 1. The Hall–Kier alpha value is -1.19. The summed E-state index contributed by atoms with van der Waals surface area (Å²) in [4.78, 5) is 1.38. The van der Waals surface area contributed by atoms with Gasteiger partial charge in [-0.2, -0.15) is 4.68 Å². The number of hydrogen-bond donors (Lipinski definition) is 2. The lowest BCUT2D eigenvalue weighted by Crippen LogP contribution is -3.15. The molecule has 1 saturated heterocycles. The lowest BCUT2D eigenvalue weighted by atomic mass is 10.3. The van der Waals surface area contributed by atoms with Crippen LogP contribution in [0.3, 0.4) is 0 Å². The summed E-state index contributed by atoms with van der Waals surface area (Å²) in [5.74, 6) is 0.554. The van der Waals surface area contributed by atoms with Gasteiger partial charge in [-0.05, 0) is 34.7 Å². The fourth-order valence-electron chi connectivity index (χ4n) is 2.44. The van der Waals surface area contributed by atoms with Gasteiger partial charge in [0, 0.05) is 10.8 Å². The van der Waals surface area contributed by atoms with E-state index in [1.807, 2.05) is 12.1 Å². The molecule has 0 radical (unpaired) electrons. The van der Waals surface area contributed by atoms with E-state index >= 15 is 0 Å². The first-order valence-corrected chi connectivity index (χ1v) is 8.85. The van der Waals surface area contributed by atoms with Gasteiger partial charge in [0.1, 0.15) is 25.7 Å². The fourth-order valence-corrected chi connectivity index (χ4v) is 3.38. The van der Waals surface area contributed by atoms with Crippen LogP contribution in [0.5, 0.6) is 0 Å². The number of ether oxygens (including phenoxy) is 1. The highest BCUT2D eigenvalue weighted by atomic mass is 35.5. The van der Waals surface area contributed by atoms with Crippen LogP contribution in [0.2, 0.25) is 5.02 Å². The first-order valence-electron chi connectivity index (χ1n) is 7.49. The predicted octanol–water partition coefficient (Wildman–Crippen LogP) is -0.316. The molecular weight excluding hydrogens is 338 g/mol. The van der Waals surface area contributed by atoms with Crippen molar-refractivity contribution in [2.24, 2.45) is 0 Å². The molecule has 0 unspecified atom stereocenters. The molecule has 3 rings (SSSR count). The molecule has 2 N–H and O–H groups in total. The van der Waals surface area contributed by atoms with Gasteiger partial charge in [0.15, 0.2) is 0 Å². The van der Waals surface area contributed by atoms with E-state index in [1.165, 1.54) is 16.7 Å². The largest absolute Gasteiger partial charge is 0.386 e. The zero-order chi connectivity index (χ0) is 16.1. The average Bonchev–Trinajstić information content (AvgIpc) is 3.03. The van der Waals surface area contributed by atoms with Gasteiger partial charge in [-0.3, -0.25) is 0 Å². The minimum Gasteiger partial charge on any atom is -0.386 e. The van der Waals surface area contributed by atoms with Crippen LogP contribution in [0.15, 0.2) is 29.4 Å². The lowest BCUT2D eigenvalue weighted by Gasteiger charge is -2.25. The van der Waals surface area contributed by atoms with Crippen LogP contribution in [0, 0.1) is 0 Å². The molecule has 9 heteroatoms. The predicted molar refractivity (Wildman–Crippen MR) is 87.3 cm³/mol. The monoisotopic (exact) mass is 356 g/mol. The van der Waals surface area contributed by atoms with Crippen LogP contribution in [-0.4, -0.2) is 70.0 Å². The number of rotatable bonds is 6. The molecule has 23 heavy (non-hydrogen) atoms. The number of quaternary nitrogens is 1. The van der Waals surface area contributed by atoms with E-state index in [1.54, 1.807) is 16.8 Å². The molecule has 1 aliphatic rings. The summed E-state index contributed by atoms with van der Waals surface area (Å²) in [5.41, 5.74) is 0.843. The van der Waals surface area contributed by atoms with Gasteiger partial charge in [0.2, 0.25) is 5.16 Å². The van der Waals surface area contributed by atoms with Crippen LogP contribution in [0.1, 0.15) is 0 Å². The van der Waals surface area contributed by atoms with Gasteiger partial charge in [-0.1, -0.05) is 23.4 Å². The molecule has 1 fully saturated rings. The lowest BCUT2D eigenvalue weighted by molar-refractivity contribution is -0.910. The second-order valence-corrected chi connectivity index (χ2v) is 6.80. The summed E-state index contributed by atoms with van der Waals surface area (Å²) >= 11 is 7.35. The molecular formula is C14H19ClN5O2S+. The number of aliphatic hydroxyl groups is 1. The second-order valence-electron chi connectivity index (χ2n) is 5.38. The van der Waals surface area contributed by atoms with Crippen molar-refractivity contribution in [3.05, 3.63) is 29.3 Å². The Morgan fingerprint density at radius 3 is 2.78 bits per heavy atom. The molecule has 1 aromatic heterocycles. The van der Waals surface area contributed by atoms with Gasteiger partial charge in [-0.15, -0.1) is 5.10 Å². The summed E-state index contributed by atoms with van der Waals surface area (Å²) in [6.07, 6.45) is -0.400. The molecule has 0 bridgehead atoms. The van der Waals surface area contributed by atoms with Gasteiger partial charge in [-0.25, -0.2) is 0 Å². The SMILES string of the molecule is O[C@@H](CSc1nnnn1-c1ccc(Cl)cc1)C[NH+]1CCOCC1. The number of aromatic nitrogens is 4. The first-order chi connectivity index (χ1) is 11.2. The Morgan fingerprint density at radius 1 is 1.30 bits per heavy atom.